The van der Waals surface area contributed by atoms with Crippen LogP contribution in [0.2, 0.25) is 0 Å². The van der Waals surface area contributed by atoms with Crippen molar-refractivity contribution < 1.29 is 14.3 Å². The lowest BCUT2D eigenvalue weighted by Gasteiger charge is -2.28. The molecule has 0 spiro atoms. The van der Waals surface area contributed by atoms with Crippen LogP contribution in [0, 0.1) is 0 Å². The van der Waals surface area contributed by atoms with Crippen molar-refractivity contribution in [3.63, 3.8) is 0 Å². The van der Waals surface area contributed by atoms with Gasteiger partial charge in [0.15, 0.2) is 0 Å². The molecule has 5 heteroatoms. The first kappa shape index (κ1) is 19.8. The van der Waals surface area contributed by atoms with E-state index in [9.17, 15) is 9.59 Å². The van der Waals surface area contributed by atoms with Crippen molar-refractivity contribution in [1.29, 1.82) is 0 Å². The van der Waals surface area contributed by atoms with E-state index in [1.807, 2.05) is 20.8 Å². The molecule has 1 saturated heterocycles. The summed E-state index contributed by atoms with van der Waals surface area (Å²) in [4.78, 5) is 26.0. The molecule has 1 heterocycles. The highest BCUT2D eigenvalue weighted by atomic mass is 16.6. The lowest BCUT2D eigenvalue weighted by atomic mass is 10.1. The van der Waals surface area contributed by atoms with E-state index in [4.69, 9.17) is 4.74 Å². The molecular formula is C18H34N2O3. The minimum atomic E-state index is -0.529. The molecule has 0 bridgehead atoms. The van der Waals surface area contributed by atoms with Gasteiger partial charge in [-0.15, -0.1) is 0 Å². The number of nitrogens with one attached hydrogen (secondary N) is 1. The number of carbonyl (C=O) groups is 2. The predicted molar refractivity (Wildman–Crippen MR) is 92.3 cm³/mol. The third-order valence-corrected chi connectivity index (χ3v) is 4.01. The van der Waals surface area contributed by atoms with Crippen LogP contribution in [0.5, 0.6) is 0 Å². The Hall–Kier alpha value is -1.26. The molecule has 23 heavy (non-hydrogen) atoms. The molecule has 0 aromatic heterocycles. The van der Waals surface area contributed by atoms with E-state index in [1.54, 1.807) is 4.90 Å². The zero-order valence-electron chi connectivity index (χ0n) is 15.3. The number of ether oxygens (including phenoxy) is 1. The molecule has 1 N–H and O–H groups in total. The van der Waals surface area contributed by atoms with Gasteiger partial charge in [-0.2, -0.15) is 0 Å². The van der Waals surface area contributed by atoms with Gasteiger partial charge in [0.1, 0.15) is 11.6 Å². The minimum Gasteiger partial charge on any atom is -0.444 e. The molecule has 134 valence electrons. The van der Waals surface area contributed by atoms with Gasteiger partial charge in [-0.3, -0.25) is 9.69 Å². The maximum absolute atomic E-state index is 12.3. The Morgan fingerprint density at radius 2 is 1.78 bits per heavy atom. The van der Waals surface area contributed by atoms with Crippen molar-refractivity contribution in [1.82, 2.24) is 10.2 Å². The van der Waals surface area contributed by atoms with E-state index >= 15 is 0 Å². The Bertz CT molecular complexity index is 377. The first-order chi connectivity index (χ1) is 10.8. The molecule has 1 aliphatic rings. The van der Waals surface area contributed by atoms with Gasteiger partial charge in [0, 0.05) is 13.1 Å². The topological polar surface area (TPSA) is 58.6 Å². The van der Waals surface area contributed by atoms with Gasteiger partial charge < -0.3 is 10.1 Å². The maximum Gasteiger partial charge on any atom is 0.410 e. The van der Waals surface area contributed by atoms with Crippen molar-refractivity contribution >= 4 is 12.0 Å². The Balaban J connectivity index is 2.30. The third-order valence-electron chi connectivity index (χ3n) is 4.01. The molecule has 0 saturated carbocycles. The van der Waals surface area contributed by atoms with E-state index in [-0.39, 0.29) is 18.0 Å². The molecule has 0 aromatic rings. The van der Waals surface area contributed by atoms with Crippen LogP contribution in [-0.4, -0.2) is 41.6 Å². The zero-order valence-corrected chi connectivity index (χ0v) is 15.3. The Labute approximate surface area is 141 Å². The minimum absolute atomic E-state index is 0.0399. The summed E-state index contributed by atoms with van der Waals surface area (Å²) in [5, 5.41) is 2.97. The van der Waals surface area contributed by atoms with Crippen molar-refractivity contribution in [2.75, 3.05) is 13.1 Å². The second kappa shape index (κ2) is 9.78. The molecule has 0 aromatic carbocycles. The van der Waals surface area contributed by atoms with Crippen LogP contribution >= 0.6 is 0 Å². The zero-order chi connectivity index (χ0) is 17.3. The van der Waals surface area contributed by atoms with Crippen LogP contribution in [-0.2, 0) is 9.53 Å². The average molecular weight is 326 g/mol. The van der Waals surface area contributed by atoms with Crippen LogP contribution < -0.4 is 5.32 Å². The molecular weight excluding hydrogens is 292 g/mol. The Morgan fingerprint density at radius 3 is 2.43 bits per heavy atom. The highest BCUT2D eigenvalue weighted by Crippen LogP contribution is 2.21. The standard InChI is InChI=1S/C18H34N2O3/c1-5-6-7-8-9-10-13-19-16(21)15-12-11-14-20(15)17(22)23-18(2,3)4/h15H,5-14H2,1-4H3,(H,19,21)/t15-/m1/s1. The molecule has 0 aliphatic carbocycles. The smallest absolute Gasteiger partial charge is 0.410 e. The maximum atomic E-state index is 12.3. The van der Waals surface area contributed by atoms with Crippen LogP contribution in [0.3, 0.4) is 0 Å². The van der Waals surface area contributed by atoms with Gasteiger partial charge in [-0.25, -0.2) is 4.79 Å². The fraction of sp³-hybridized carbons (Fsp3) is 0.889. The van der Waals surface area contributed by atoms with Crippen LogP contribution in [0.4, 0.5) is 4.79 Å². The number of unbranched alkanes of at least 4 members (excludes halogenated alkanes) is 5. The normalized spacial score (nSPS) is 18.1. The summed E-state index contributed by atoms with van der Waals surface area (Å²) in [6, 6.07) is -0.370. The highest BCUT2D eigenvalue weighted by Gasteiger charge is 2.36. The second-order valence-corrected chi connectivity index (χ2v) is 7.39. The quantitative estimate of drug-likeness (QED) is 0.689. The summed E-state index contributed by atoms with van der Waals surface area (Å²) in [5.41, 5.74) is -0.529. The third kappa shape index (κ3) is 7.71. The number of carbonyl (C=O) groups excluding carboxylic acids is 2. The number of hydrogen-bond acceptors (Lipinski definition) is 3. The predicted octanol–water partition coefficient (Wildman–Crippen LogP) is 3.86. The summed E-state index contributed by atoms with van der Waals surface area (Å²) in [6.45, 7) is 9.03. The lowest BCUT2D eigenvalue weighted by Crippen LogP contribution is -2.47. The number of rotatable bonds is 8. The van der Waals surface area contributed by atoms with Gasteiger partial charge in [-0.05, 0) is 40.0 Å². The fourth-order valence-electron chi connectivity index (χ4n) is 2.81. The molecule has 1 atom stereocenters. The van der Waals surface area contributed by atoms with E-state index in [2.05, 4.69) is 12.2 Å². The van der Waals surface area contributed by atoms with Crippen molar-refractivity contribution in [2.24, 2.45) is 0 Å². The molecule has 1 fully saturated rings. The number of nitrogens with zero attached hydrogens (tertiary/aromatic N) is 1. The highest BCUT2D eigenvalue weighted by molar-refractivity contribution is 5.86. The van der Waals surface area contributed by atoms with Gasteiger partial charge in [0.25, 0.3) is 0 Å². The number of hydrogen-bond donors (Lipinski definition) is 1. The van der Waals surface area contributed by atoms with Gasteiger partial charge in [0.2, 0.25) is 5.91 Å². The Morgan fingerprint density at radius 1 is 1.13 bits per heavy atom. The van der Waals surface area contributed by atoms with Crippen LogP contribution in [0.15, 0.2) is 0 Å². The summed E-state index contributed by atoms with van der Waals surface area (Å²) in [5.74, 6) is -0.0399. The molecule has 1 aliphatic heterocycles. The van der Waals surface area contributed by atoms with Gasteiger partial charge >= 0.3 is 6.09 Å². The monoisotopic (exact) mass is 326 g/mol. The van der Waals surface area contributed by atoms with Crippen molar-refractivity contribution in [3.8, 4) is 0 Å². The van der Waals surface area contributed by atoms with E-state index < -0.39 is 5.60 Å². The first-order valence-electron chi connectivity index (χ1n) is 9.12. The first-order valence-corrected chi connectivity index (χ1v) is 9.12. The number of likely N-dealkylation sites (tertiary alicyclic amines) is 1. The average Bonchev–Trinajstić information content (AvgIpc) is 2.94. The summed E-state index contributed by atoms with van der Waals surface area (Å²) in [7, 11) is 0. The van der Waals surface area contributed by atoms with E-state index in [0.717, 1.165) is 25.7 Å². The van der Waals surface area contributed by atoms with Crippen LogP contribution in [0.1, 0.15) is 79.1 Å². The summed E-state index contributed by atoms with van der Waals surface area (Å²) in [6.07, 6.45) is 8.41. The van der Waals surface area contributed by atoms with Crippen molar-refractivity contribution in [2.45, 2.75) is 90.7 Å². The number of amides is 2. The molecule has 1 rings (SSSR count). The van der Waals surface area contributed by atoms with E-state index in [1.165, 1.54) is 25.7 Å². The van der Waals surface area contributed by atoms with Crippen molar-refractivity contribution in [3.05, 3.63) is 0 Å². The summed E-state index contributed by atoms with van der Waals surface area (Å²) < 4.78 is 5.39. The molecule has 0 unspecified atom stereocenters. The van der Waals surface area contributed by atoms with E-state index in [0.29, 0.717) is 13.1 Å². The summed E-state index contributed by atoms with van der Waals surface area (Å²) >= 11 is 0. The SMILES string of the molecule is CCCCCCCCNC(=O)[C@H]1CCCN1C(=O)OC(C)(C)C. The Kier molecular flexibility index (Phi) is 8.42. The fourth-order valence-corrected chi connectivity index (χ4v) is 2.81. The van der Waals surface area contributed by atoms with Crippen LogP contribution in [0.25, 0.3) is 0 Å². The second-order valence-electron chi connectivity index (χ2n) is 7.39. The van der Waals surface area contributed by atoms with Gasteiger partial charge in [0.05, 0.1) is 0 Å². The molecule has 0 radical (unpaired) electrons. The largest absolute Gasteiger partial charge is 0.444 e. The lowest BCUT2D eigenvalue weighted by molar-refractivity contribution is -0.125. The molecule has 2 amide bonds. The molecule has 5 nitrogen and oxygen atoms in total. The van der Waals surface area contributed by atoms with Gasteiger partial charge in [-0.1, -0.05) is 39.0 Å².